The van der Waals surface area contributed by atoms with Crippen LogP contribution < -0.4 is 4.90 Å². The van der Waals surface area contributed by atoms with E-state index >= 15 is 0 Å². The van der Waals surface area contributed by atoms with E-state index in [0.29, 0.717) is 11.7 Å². The summed E-state index contributed by atoms with van der Waals surface area (Å²) in [6, 6.07) is 15.6. The molecule has 130 valence electrons. The van der Waals surface area contributed by atoms with Crippen molar-refractivity contribution in [3.05, 3.63) is 77.2 Å². The van der Waals surface area contributed by atoms with E-state index in [2.05, 4.69) is 31.1 Å². The highest BCUT2D eigenvalue weighted by Crippen LogP contribution is 2.32. The first-order chi connectivity index (χ1) is 12.6. The monoisotopic (exact) mass is 363 g/mol. The quantitative estimate of drug-likeness (QED) is 0.525. The second-order valence-corrected chi connectivity index (χ2v) is 7.16. The Balaban J connectivity index is 1.78. The van der Waals surface area contributed by atoms with Gasteiger partial charge < -0.3 is 4.52 Å². The first-order valence-electron chi connectivity index (χ1n) is 8.26. The molecule has 5 nitrogen and oxygen atoms in total. The van der Waals surface area contributed by atoms with E-state index in [-0.39, 0.29) is 11.7 Å². The van der Waals surface area contributed by atoms with Gasteiger partial charge in [-0.05, 0) is 42.7 Å². The lowest BCUT2D eigenvalue weighted by Crippen LogP contribution is -2.30. The van der Waals surface area contributed by atoms with E-state index in [9.17, 15) is 4.79 Å². The van der Waals surface area contributed by atoms with Crippen molar-refractivity contribution in [2.24, 2.45) is 0 Å². The summed E-state index contributed by atoms with van der Waals surface area (Å²) in [7, 11) is 0. The zero-order chi connectivity index (χ0) is 18.1. The van der Waals surface area contributed by atoms with Crippen LogP contribution in [0.5, 0.6) is 0 Å². The molecule has 4 aromatic rings. The molecule has 0 bridgehead atoms. The molecule has 0 fully saturated rings. The van der Waals surface area contributed by atoms with Gasteiger partial charge in [0.25, 0.3) is 5.91 Å². The molecule has 1 amide bonds. The molecule has 0 aliphatic heterocycles. The minimum atomic E-state index is -0.251. The molecular weight excluding hydrogens is 346 g/mol. The fraction of sp³-hybridized carbons (Fsp3) is 0.150. The lowest BCUT2D eigenvalue weighted by atomic mass is 10.1. The van der Waals surface area contributed by atoms with Crippen molar-refractivity contribution in [3.8, 4) is 0 Å². The van der Waals surface area contributed by atoms with Crippen LogP contribution >= 0.6 is 11.3 Å². The number of aromatic nitrogens is 2. The normalized spacial score (nSPS) is 11.0. The summed E-state index contributed by atoms with van der Waals surface area (Å²) in [5, 5.41) is 4.30. The van der Waals surface area contributed by atoms with Crippen molar-refractivity contribution in [1.82, 2.24) is 10.1 Å². The van der Waals surface area contributed by atoms with E-state index in [0.717, 1.165) is 15.8 Å². The first kappa shape index (κ1) is 16.5. The molecule has 0 aliphatic carbocycles. The summed E-state index contributed by atoms with van der Waals surface area (Å²) in [5.41, 5.74) is 4.32. The fourth-order valence-electron chi connectivity index (χ4n) is 2.73. The minimum absolute atomic E-state index is 0.201. The third kappa shape index (κ3) is 3.11. The first-order valence-corrected chi connectivity index (χ1v) is 9.08. The standard InChI is InChI=1S/C20H17N3O2S/c1-13-10-16-18(11-14(13)2)26-20(22-16)23(12-15-6-4-3-5-7-15)19(24)17-8-9-21-25-17/h3-11H,12H2,1-2H3. The smallest absolute Gasteiger partial charge is 0.298 e. The number of anilines is 1. The number of nitrogens with zero attached hydrogens (tertiary/aromatic N) is 3. The van der Waals surface area contributed by atoms with Gasteiger partial charge in [0, 0.05) is 6.07 Å². The van der Waals surface area contributed by atoms with Crippen molar-refractivity contribution >= 4 is 32.6 Å². The average Bonchev–Trinajstić information content (AvgIpc) is 3.30. The van der Waals surface area contributed by atoms with Crippen LogP contribution in [0, 0.1) is 13.8 Å². The van der Waals surface area contributed by atoms with E-state index in [1.165, 1.54) is 28.7 Å². The van der Waals surface area contributed by atoms with Crippen LogP contribution in [0.3, 0.4) is 0 Å². The number of amides is 1. The Morgan fingerprint density at radius 3 is 2.62 bits per heavy atom. The van der Waals surface area contributed by atoms with Crippen LogP contribution in [0.15, 0.2) is 59.3 Å². The highest BCUT2D eigenvalue weighted by molar-refractivity contribution is 7.22. The molecule has 0 saturated heterocycles. The summed E-state index contributed by atoms with van der Waals surface area (Å²) in [4.78, 5) is 19.3. The van der Waals surface area contributed by atoms with Gasteiger partial charge >= 0.3 is 0 Å². The molecule has 26 heavy (non-hydrogen) atoms. The van der Waals surface area contributed by atoms with Gasteiger partial charge in [0.2, 0.25) is 5.76 Å². The summed E-state index contributed by atoms with van der Waals surface area (Å²) >= 11 is 1.51. The summed E-state index contributed by atoms with van der Waals surface area (Å²) < 4.78 is 6.15. The molecule has 0 unspecified atom stereocenters. The molecule has 0 atom stereocenters. The molecule has 2 aromatic heterocycles. The number of aryl methyl sites for hydroxylation is 2. The number of hydrogen-bond acceptors (Lipinski definition) is 5. The molecule has 4 rings (SSSR count). The van der Waals surface area contributed by atoms with Crippen LogP contribution in [-0.2, 0) is 6.54 Å². The maximum atomic E-state index is 13.0. The van der Waals surface area contributed by atoms with Crippen molar-refractivity contribution in [2.45, 2.75) is 20.4 Å². The third-order valence-corrected chi connectivity index (χ3v) is 5.34. The number of rotatable bonds is 4. The largest absolute Gasteiger partial charge is 0.351 e. The molecule has 0 radical (unpaired) electrons. The highest BCUT2D eigenvalue weighted by atomic mass is 32.1. The Kier molecular flexibility index (Phi) is 4.26. The summed E-state index contributed by atoms with van der Waals surface area (Å²) in [5.74, 6) is -0.0496. The number of thiazole rings is 1. The Morgan fingerprint density at radius 2 is 1.88 bits per heavy atom. The molecule has 0 spiro atoms. The van der Waals surface area contributed by atoms with E-state index < -0.39 is 0 Å². The lowest BCUT2D eigenvalue weighted by Gasteiger charge is -2.18. The highest BCUT2D eigenvalue weighted by Gasteiger charge is 2.24. The zero-order valence-corrected chi connectivity index (χ0v) is 15.3. The van der Waals surface area contributed by atoms with Crippen LogP contribution in [0.1, 0.15) is 27.2 Å². The molecule has 2 heterocycles. The number of fused-ring (bicyclic) bond motifs is 1. The lowest BCUT2D eigenvalue weighted by molar-refractivity contribution is 0.0949. The Hall–Kier alpha value is -2.99. The Morgan fingerprint density at radius 1 is 1.12 bits per heavy atom. The topological polar surface area (TPSA) is 59.2 Å². The number of benzene rings is 2. The fourth-order valence-corrected chi connectivity index (χ4v) is 3.78. The molecule has 0 saturated carbocycles. The van der Waals surface area contributed by atoms with Gasteiger partial charge in [0.1, 0.15) is 0 Å². The summed E-state index contributed by atoms with van der Waals surface area (Å²) in [6.45, 7) is 4.56. The van der Waals surface area contributed by atoms with Gasteiger partial charge in [0.15, 0.2) is 5.13 Å². The zero-order valence-electron chi connectivity index (χ0n) is 14.5. The number of carbonyl (C=O) groups is 1. The predicted octanol–water partition coefficient (Wildman–Crippen LogP) is 4.75. The average molecular weight is 363 g/mol. The second-order valence-electron chi connectivity index (χ2n) is 6.15. The van der Waals surface area contributed by atoms with Crippen molar-refractivity contribution < 1.29 is 9.32 Å². The maximum Gasteiger partial charge on any atom is 0.298 e. The van der Waals surface area contributed by atoms with Gasteiger partial charge in [-0.25, -0.2) is 4.98 Å². The maximum absolute atomic E-state index is 13.0. The van der Waals surface area contributed by atoms with Gasteiger partial charge in [0.05, 0.1) is 23.0 Å². The molecule has 0 N–H and O–H groups in total. The van der Waals surface area contributed by atoms with Crippen molar-refractivity contribution in [2.75, 3.05) is 4.90 Å². The second kappa shape index (κ2) is 6.72. The SMILES string of the molecule is Cc1cc2nc(N(Cc3ccccc3)C(=O)c3ccno3)sc2cc1C. The van der Waals surface area contributed by atoms with E-state index in [1.807, 2.05) is 30.3 Å². The van der Waals surface area contributed by atoms with Crippen LogP contribution in [0.4, 0.5) is 5.13 Å². The third-order valence-electron chi connectivity index (χ3n) is 4.30. The van der Waals surface area contributed by atoms with Crippen LogP contribution in [0.25, 0.3) is 10.2 Å². The van der Waals surface area contributed by atoms with Crippen LogP contribution in [0.2, 0.25) is 0 Å². The molecule has 2 aromatic carbocycles. The Bertz CT molecular complexity index is 1020. The van der Waals surface area contributed by atoms with Gasteiger partial charge in [-0.2, -0.15) is 0 Å². The Labute approximate surface area is 154 Å². The van der Waals surface area contributed by atoms with Crippen LogP contribution in [-0.4, -0.2) is 16.0 Å². The molecular formula is C20H17N3O2S. The summed E-state index contributed by atoms with van der Waals surface area (Å²) in [6.07, 6.45) is 1.47. The molecule has 0 aliphatic rings. The van der Waals surface area contributed by atoms with Gasteiger partial charge in [-0.15, -0.1) is 0 Å². The molecule has 6 heteroatoms. The van der Waals surface area contributed by atoms with E-state index in [1.54, 1.807) is 11.0 Å². The number of carbonyl (C=O) groups excluding carboxylic acids is 1. The van der Waals surface area contributed by atoms with Crippen molar-refractivity contribution in [3.63, 3.8) is 0 Å². The number of hydrogen-bond donors (Lipinski definition) is 0. The van der Waals surface area contributed by atoms with Gasteiger partial charge in [-0.1, -0.05) is 46.8 Å². The minimum Gasteiger partial charge on any atom is -0.351 e. The predicted molar refractivity (Wildman–Crippen MR) is 103 cm³/mol. The van der Waals surface area contributed by atoms with E-state index in [4.69, 9.17) is 9.51 Å². The van der Waals surface area contributed by atoms with Gasteiger partial charge in [-0.3, -0.25) is 9.69 Å². The van der Waals surface area contributed by atoms with Crippen molar-refractivity contribution in [1.29, 1.82) is 0 Å².